The first-order valence-corrected chi connectivity index (χ1v) is 8.23. The molecular weight excluding hydrogens is 336 g/mol. The van der Waals surface area contributed by atoms with Gasteiger partial charge in [0.15, 0.2) is 11.5 Å². The average Bonchev–Trinajstić information content (AvgIpc) is 2.94. The van der Waals surface area contributed by atoms with Gasteiger partial charge >= 0.3 is 6.03 Å². The maximum atomic E-state index is 12.2. The topological polar surface area (TPSA) is 61.8 Å². The molecular formula is C16H19ClN2O3S. The van der Waals surface area contributed by atoms with E-state index in [1.54, 1.807) is 24.1 Å². The van der Waals surface area contributed by atoms with Crippen molar-refractivity contribution in [2.24, 2.45) is 0 Å². The quantitative estimate of drug-likeness (QED) is 0.852. The van der Waals surface area contributed by atoms with Crippen molar-refractivity contribution < 1.29 is 14.6 Å². The molecule has 1 unspecified atom stereocenters. The fourth-order valence-electron chi connectivity index (χ4n) is 2.11. The number of aromatic hydroxyl groups is 1. The summed E-state index contributed by atoms with van der Waals surface area (Å²) < 4.78 is 5.70. The highest BCUT2D eigenvalue weighted by Crippen LogP contribution is 2.28. The SMILES string of the molecule is COc1ccc(CN(C)C(=O)NC(C)c2ccc(Cl)s2)cc1O. The number of phenolic OH excluding ortho intramolecular Hbond substituents is 1. The summed E-state index contributed by atoms with van der Waals surface area (Å²) in [6, 6.07) is 8.47. The van der Waals surface area contributed by atoms with Crippen LogP contribution in [0.4, 0.5) is 4.79 Å². The van der Waals surface area contributed by atoms with Gasteiger partial charge in [-0.3, -0.25) is 0 Å². The molecule has 2 aromatic rings. The lowest BCUT2D eigenvalue weighted by Gasteiger charge is -2.21. The van der Waals surface area contributed by atoms with E-state index in [2.05, 4.69) is 5.32 Å². The van der Waals surface area contributed by atoms with E-state index in [1.807, 2.05) is 25.1 Å². The minimum atomic E-state index is -0.197. The molecule has 0 aliphatic carbocycles. The zero-order chi connectivity index (χ0) is 17.0. The number of carbonyl (C=O) groups is 1. The van der Waals surface area contributed by atoms with Crippen LogP contribution in [0.3, 0.4) is 0 Å². The smallest absolute Gasteiger partial charge is 0.317 e. The zero-order valence-electron chi connectivity index (χ0n) is 13.2. The Morgan fingerprint density at radius 1 is 1.43 bits per heavy atom. The van der Waals surface area contributed by atoms with Gasteiger partial charge in [0.1, 0.15) is 0 Å². The number of halogens is 1. The Hall–Kier alpha value is -1.92. The van der Waals surface area contributed by atoms with Gasteiger partial charge in [-0.1, -0.05) is 17.7 Å². The van der Waals surface area contributed by atoms with Gasteiger partial charge < -0.3 is 20.1 Å². The summed E-state index contributed by atoms with van der Waals surface area (Å²) in [5.74, 6) is 0.462. The average molecular weight is 355 g/mol. The van der Waals surface area contributed by atoms with E-state index in [0.29, 0.717) is 16.6 Å². The van der Waals surface area contributed by atoms with Gasteiger partial charge in [-0.15, -0.1) is 11.3 Å². The Morgan fingerprint density at radius 2 is 2.17 bits per heavy atom. The van der Waals surface area contributed by atoms with Crippen molar-refractivity contribution >= 4 is 29.0 Å². The molecule has 2 rings (SSSR count). The first-order chi connectivity index (χ1) is 10.9. The van der Waals surface area contributed by atoms with Crippen molar-refractivity contribution in [2.75, 3.05) is 14.2 Å². The van der Waals surface area contributed by atoms with Crippen molar-refractivity contribution in [2.45, 2.75) is 19.5 Å². The number of thiophene rings is 1. The first kappa shape index (κ1) is 17.4. The molecule has 2 N–H and O–H groups in total. The Kier molecular flexibility index (Phi) is 5.74. The molecule has 1 atom stereocenters. The summed E-state index contributed by atoms with van der Waals surface area (Å²) in [4.78, 5) is 14.8. The number of benzene rings is 1. The summed E-state index contributed by atoms with van der Waals surface area (Å²) >= 11 is 7.36. The standard InChI is InChI=1S/C16H19ClN2O3S/c1-10(14-6-7-15(17)23-14)18-16(21)19(2)9-11-4-5-13(22-3)12(20)8-11/h4-8,10,20H,9H2,1-3H3,(H,18,21). The minimum Gasteiger partial charge on any atom is -0.504 e. The number of phenols is 1. The molecule has 1 aromatic heterocycles. The highest BCUT2D eigenvalue weighted by Gasteiger charge is 2.15. The van der Waals surface area contributed by atoms with Crippen LogP contribution < -0.4 is 10.1 Å². The molecule has 2 amide bonds. The number of hydrogen-bond acceptors (Lipinski definition) is 4. The first-order valence-electron chi connectivity index (χ1n) is 7.03. The molecule has 0 radical (unpaired) electrons. The third kappa shape index (κ3) is 4.53. The van der Waals surface area contributed by atoms with Crippen LogP contribution in [-0.2, 0) is 6.54 Å². The Morgan fingerprint density at radius 3 is 2.74 bits per heavy atom. The predicted octanol–water partition coefficient (Wildman–Crippen LogP) is 4.02. The van der Waals surface area contributed by atoms with E-state index in [4.69, 9.17) is 16.3 Å². The van der Waals surface area contributed by atoms with Gasteiger partial charge in [-0.2, -0.15) is 0 Å². The van der Waals surface area contributed by atoms with Crippen molar-refractivity contribution in [3.8, 4) is 11.5 Å². The van der Waals surface area contributed by atoms with Crippen LogP contribution in [-0.4, -0.2) is 30.2 Å². The van der Waals surface area contributed by atoms with E-state index >= 15 is 0 Å². The van der Waals surface area contributed by atoms with Crippen LogP contribution in [0.25, 0.3) is 0 Å². The highest BCUT2D eigenvalue weighted by molar-refractivity contribution is 7.16. The van der Waals surface area contributed by atoms with E-state index in [1.165, 1.54) is 18.4 Å². The molecule has 1 aromatic carbocycles. The number of amides is 2. The van der Waals surface area contributed by atoms with Gasteiger partial charge in [0.25, 0.3) is 0 Å². The molecule has 1 heterocycles. The van der Waals surface area contributed by atoms with E-state index in [0.717, 1.165) is 10.4 Å². The van der Waals surface area contributed by atoms with Crippen molar-refractivity contribution in [3.05, 3.63) is 45.1 Å². The number of hydrogen-bond donors (Lipinski definition) is 2. The molecule has 0 aliphatic heterocycles. The largest absolute Gasteiger partial charge is 0.504 e. The molecule has 5 nitrogen and oxygen atoms in total. The van der Waals surface area contributed by atoms with Gasteiger partial charge in [-0.05, 0) is 36.8 Å². The Balaban J connectivity index is 1.95. The second-order valence-corrected chi connectivity index (χ2v) is 6.92. The molecule has 0 fully saturated rings. The number of nitrogens with one attached hydrogen (secondary N) is 1. The third-order valence-corrected chi connectivity index (χ3v) is 4.78. The Labute approximate surface area is 144 Å². The monoisotopic (exact) mass is 354 g/mol. The van der Waals surface area contributed by atoms with E-state index in [-0.39, 0.29) is 17.8 Å². The molecule has 23 heavy (non-hydrogen) atoms. The van der Waals surface area contributed by atoms with Gasteiger partial charge in [0.05, 0.1) is 17.5 Å². The summed E-state index contributed by atoms with van der Waals surface area (Å²) in [6.07, 6.45) is 0. The summed E-state index contributed by atoms with van der Waals surface area (Å²) in [6.45, 7) is 2.29. The lowest BCUT2D eigenvalue weighted by Crippen LogP contribution is -2.37. The van der Waals surface area contributed by atoms with Crippen molar-refractivity contribution in [1.29, 1.82) is 0 Å². The number of carbonyl (C=O) groups excluding carboxylic acids is 1. The van der Waals surface area contributed by atoms with Crippen LogP contribution in [0, 0.1) is 0 Å². The van der Waals surface area contributed by atoms with E-state index < -0.39 is 0 Å². The maximum Gasteiger partial charge on any atom is 0.317 e. The van der Waals surface area contributed by atoms with Gasteiger partial charge in [-0.25, -0.2) is 4.79 Å². The minimum absolute atomic E-state index is 0.0559. The summed E-state index contributed by atoms with van der Waals surface area (Å²) in [5, 5.41) is 12.7. The van der Waals surface area contributed by atoms with Crippen LogP contribution in [0.15, 0.2) is 30.3 Å². The fraction of sp³-hybridized carbons (Fsp3) is 0.312. The number of urea groups is 1. The zero-order valence-corrected chi connectivity index (χ0v) is 14.7. The molecule has 0 spiro atoms. The second-order valence-electron chi connectivity index (χ2n) is 5.18. The van der Waals surface area contributed by atoms with E-state index in [9.17, 15) is 9.90 Å². The molecule has 7 heteroatoms. The number of nitrogens with zero attached hydrogens (tertiary/aromatic N) is 1. The van der Waals surface area contributed by atoms with Crippen LogP contribution in [0.1, 0.15) is 23.4 Å². The molecule has 0 saturated heterocycles. The molecule has 0 bridgehead atoms. The van der Waals surface area contributed by atoms with Gasteiger partial charge in [0.2, 0.25) is 0 Å². The van der Waals surface area contributed by atoms with Gasteiger partial charge in [0, 0.05) is 18.5 Å². The predicted molar refractivity (Wildman–Crippen MR) is 92.4 cm³/mol. The second kappa shape index (κ2) is 7.57. The van der Waals surface area contributed by atoms with Crippen LogP contribution >= 0.6 is 22.9 Å². The fourth-order valence-corrected chi connectivity index (χ4v) is 3.17. The highest BCUT2D eigenvalue weighted by atomic mass is 35.5. The lowest BCUT2D eigenvalue weighted by atomic mass is 10.2. The number of rotatable bonds is 5. The molecule has 0 aliphatic rings. The summed E-state index contributed by atoms with van der Waals surface area (Å²) in [5.41, 5.74) is 0.813. The van der Waals surface area contributed by atoms with Crippen LogP contribution in [0.5, 0.6) is 11.5 Å². The third-order valence-electron chi connectivity index (χ3n) is 3.37. The Bertz CT molecular complexity index is 690. The molecule has 0 saturated carbocycles. The number of ether oxygens (including phenoxy) is 1. The maximum absolute atomic E-state index is 12.2. The van der Waals surface area contributed by atoms with Crippen molar-refractivity contribution in [1.82, 2.24) is 10.2 Å². The van der Waals surface area contributed by atoms with Crippen LogP contribution in [0.2, 0.25) is 4.34 Å². The number of methoxy groups -OCH3 is 1. The normalized spacial score (nSPS) is 11.8. The van der Waals surface area contributed by atoms with Crippen molar-refractivity contribution in [3.63, 3.8) is 0 Å². The molecule has 124 valence electrons. The summed E-state index contributed by atoms with van der Waals surface area (Å²) in [7, 11) is 3.19. The lowest BCUT2D eigenvalue weighted by molar-refractivity contribution is 0.203.